The number of aromatic nitrogens is 1. The lowest BCUT2D eigenvalue weighted by atomic mass is 9.95. The van der Waals surface area contributed by atoms with Crippen LogP contribution >= 0.6 is 0 Å². The summed E-state index contributed by atoms with van der Waals surface area (Å²) < 4.78 is 27.0. The molecule has 2 aliphatic heterocycles. The minimum Gasteiger partial charge on any atom is -0.365 e. The van der Waals surface area contributed by atoms with Gasteiger partial charge in [-0.15, -0.1) is 0 Å². The molecular weight excluding hydrogens is 414 g/mol. The van der Waals surface area contributed by atoms with Crippen molar-refractivity contribution in [3.63, 3.8) is 0 Å². The van der Waals surface area contributed by atoms with Gasteiger partial charge >= 0.3 is 11.8 Å². The Morgan fingerprint density at radius 2 is 1.72 bits per heavy atom. The smallest absolute Gasteiger partial charge is 0.313 e. The first-order valence-electron chi connectivity index (χ1n) is 10.8. The minimum atomic E-state index is -1.02. The van der Waals surface area contributed by atoms with E-state index in [1.165, 1.54) is 17.4 Å². The van der Waals surface area contributed by atoms with Crippen molar-refractivity contribution < 1.29 is 18.4 Å². The van der Waals surface area contributed by atoms with Gasteiger partial charge in [0.25, 0.3) is 0 Å². The lowest BCUT2D eigenvalue weighted by Crippen LogP contribution is -2.52. The zero-order valence-electron chi connectivity index (χ0n) is 17.6. The number of nitrogens with zero attached hydrogens (tertiary/aromatic N) is 1. The van der Waals surface area contributed by atoms with Gasteiger partial charge in [-0.2, -0.15) is 0 Å². The number of carbonyl (C=O) groups excluding carboxylic acids is 2. The minimum absolute atomic E-state index is 0.0828. The molecular formula is C24H24F2N4O2. The van der Waals surface area contributed by atoms with Gasteiger partial charge in [-0.1, -0.05) is 18.2 Å². The molecule has 2 atom stereocenters. The molecule has 2 unspecified atom stereocenters. The van der Waals surface area contributed by atoms with Crippen molar-refractivity contribution in [2.75, 3.05) is 10.2 Å². The van der Waals surface area contributed by atoms with Crippen LogP contribution in [0.5, 0.6) is 0 Å². The molecule has 3 heterocycles. The number of carbonyl (C=O) groups is 2. The van der Waals surface area contributed by atoms with Crippen molar-refractivity contribution in [3.8, 4) is 0 Å². The summed E-state index contributed by atoms with van der Waals surface area (Å²) in [5.41, 5.74) is 3.04. The van der Waals surface area contributed by atoms with Crippen LogP contribution in [0.25, 0.3) is 10.9 Å². The molecule has 3 N–H and O–H groups in total. The normalized spacial score (nSPS) is 22.2. The lowest BCUT2D eigenvalue weighted by molar-refractivity contribution is -0.136. The van der Waals surface area contributed by atoms with Crippen molar-refractivity contribution in [1.29, 1.82) is 0 Å². The first-order chi connectivity index (χ1) is 15.4. The Labute approximate surface area is 184 Å². The molecule has 1 aromatic heterocycles. The van der Waals surface area contributed by atoms with Crippen LogP contribution in [0.2, 0.25) is 0 Å². The first kappa shape index (κ1) is 20.5. The number of fused-ring (bicyclic) bond motifs is 3. The number of piperidine rings is 1. The van der Waals surface area contributed by atoms with Crippen LogP contribution in [0.1, 0.15) is 31.2 Å². The fourth-order valence-electron chi connectivity index (χ4n) is 5.19. The lowest BCUT2D eigenvalue weighted by Gasteiger charge is -2.41. The van der Waals surface area contributed by atoms with Crippen LogP contribution < -0.4 is 15.5 Å². The quantitative estimate of drug-likeness (QED) is 0.541. The van der Waals surface area contributed by atoms with Gasteiger partial charge in [0.1, 0.15) is 0 Å². The Kier molecular flexibility index (Phi) is 5.07. The van der Waals surface area contributed by atoms with Gasteiger partial charge in [-0.3, -0.25) is 9.59 Å². The molecule has 2 aromatic carbocycles. The van der Waals surface area contributed by atoms with Crippen molar-refractivity contribution in [1.82, 2.24) is 10.3 Å². The Bertz CT molecular complexity index is 1190. The highest BCUT2D eigenvalue weighted by atomic mass is 19.2. The Morgan fingerprint density at radius 1 is 1.03 bits per heavy atom. The summed E-state index contributed by atoms with van der Waals surface area (Å²) in [6.07, 6.45) is 5.10. The second kappa shape index (κ2) is 7.93. The molecule has 32 heavy (non-hydrogen) atoms. The molecule has 2 saturated heterocycles. The van der Waals surface area contributed by atoms with E-state index < -0.39 is 23.4 Å². The first-order valence-corrected chi connectivity index (χ1v) is 10.8. The number of amides is 2. The van der Waals surface area contributed by atoms with Crippen LogP contribution in [-0.4, -0.2) is 34.9 Å². The fraction of sp³-hybridized carbons (Fsp3) is 0.333. The number of H-pyrrole nitrogens is 1. The number of rotatable bonds is 3. The summed E-state index contributed by atoms with van der Waals surface area (Å²) in [5, 5.41) is 5.67. The molecule has 2 fully saturated rings. The van der Waals surface area contributed by atoms with Gasteiger partial charge < -0.3 is 20.5 Å². The third-order valence-corrected chi connectivity index (χ3v) is 6.64. The molecule has 166 valence electrons. The molecule has 2 bridgehead atoms. The van der Waals surface area contributed by atoms with Crippen LogP contribution in [0.3, 0.4) is 0 Å². The van der Waals surface area contributed by atoms with Crippen LogP contribution in [0, 0.1) is 18.6 Å². The highest BCUT2D eigenvalue weighted by Gasteiger charge is 2.41. The van der Waals surface area contributed by atoms with Crippen LogP contribution in [0.15, 0.2) is 42.6 Å². The van der Waals surface area contributed by atoms with Crippen molar-refractivity contribution in [2.45, 2.75) is 50.7 Å². The summed E-state index contributed by atoms with van der Waals surface area (Å²) in [6, 6.07) is 10.9. The molecule has 2 aliphatic rings. The molecule has 0 radical (unpaired) electrons. The maximum Gasteiger partial charge on any atom is 0.313 e. The van der Waals surface area contributed by atoms with Gasteiger partial charge in [0.15, 0.2) is 11.6 Å². The second-order valence-electron chi connectivity index (χ2n) is 8.69. The number of nitrogens with one attached hydrogen (secondary N) is 3. The number of halogens is 2. The van der Waals surface area contributed by atoms with E-state index in [1.807, 2.05) is 12.1 Å². The zero-order valence-corrected chi connectivity index (χ0v) is 17.6. The van der Waals surface area contributed by atoms with Gasteiger partial charge in [0.05, 0.1) is 11.2 Å². The molecule has 5 rings (SSSR count). The summed E-state index contributed by atoms with van der Waals surface area (Å²) in [6.45, 7) is 2.11. The van der Waals surface area contributed by atoms with E-state index >= 15 is 0 Å². The van der Waals surface area contributed by atoms with Crippen LogP contribution in [0.4, 0.5) is 20.2 Å². The Morgan fingerprint density at radius 3 is 2.44 bits per heavy atom. The molecule has 0 spiro atoms. The number of aryl methyl sites for hydroxylation is 1. The van der Waals surface area contributed by atoms with E-state index in [0.29, 0.717) is 23.0 Å². The number of hydrogen-bond acceptors (Lipinski definition) is 3. The molecule has 0 saturated carbocycles. The van der Waals surface area contributed by atoms with E-state index in [9.17, 15) is 18.4 Å². The summed E-state index contributed by atoms with van der Waals surface area (Å²) in [4.78, 5) is 30.3. The topological polar surface area (TPSA) is 77.2 Å². The molecule has 8 heteroatoms. The van der Waals surface area contributed by atoms with Crippen molar-refractivity contribution in [2.24, 2.45) is 0 Å². The third kappa shape index (κ3) is 3.59. The highest BCUT2D eigenvalue weighted by molar-refractivity contribution is 6.40. The standard InChI is InChI=1S/C24H24F2N4O2/c1-13-4-2-3-5-22(13)30-15-6-7-16(30)9-14(8-15)28-23(31)24(32)29-21-12-27-20-11-19(26)18(25)10-17(20)21/h2-5,10-12,14-16,27H,6-9H2,1H3,(H,28,31)(H,29,32). The largest absolute Gasteiger partial charge is 0.365 e. The summed E-state index contributed by atoms with van der Waals surface area (Å²) >= 11 is 0. The fourth-order valence-corrected chi connectivity index (χ4v) is 5.19. The number of hydrogen-bond donors (Lipinski definition) is 3. The average molecular weight is 438 g/mol. The van der Waals surface area contributed by atoms with Gasteiger partial charge in [0, 0.05) is 41.5 Å². The zero-order chi connectivity index (χ0) is 22.4. The van der Waals surface area contributed by atoms with Crippen molar-refractivity contribution in [3.05, 3.63) is 59.8 Å². The van der Waals surface area contributed by atoms with E-state index in [0.717, 1.165) is 37.8 Å². The summed E-state index contributed by atoms with van der Waals surface area (Å²) in [5.74, 6) is -3.56. The van der Waals surface area contributed by atoms with Crippen molar-refractivity contribution >= 4 is 34.1 Å². The maximum absolute atomic E-state index is 13.6. The molecule has 3 aromatic rings. The SMILES string of the molecule is Cc1ccccc1N1C2CCC1CC(NC(=O)C(=O)Nc1c[nH]c3cc(F)c(F)cc13)C2. The number of para-hydroxylation sites is 1. The van der Waals surface area contributed by atoms with Gasteiger partial charge in [0.2, 0.25) is 0 Å². The predicted octanol–water partition coefficient (Wildman–Crippen LogP) is 4.01. The molecule has 0 aliphatic carbocycles. The number of anilines is 2. The third-order valence-electron chi connectivity index (χ3n) is 6.64. The Balaban J connectivity index is 1.24. The predicted molar refractivity (Wildman–Crippen MR) is 118 cm³/mol. The maximum atomic E-state index is 13.6. The average Bonchev–Trinajstić information content (AvgIpc) is 3.26. The Hall–Kier alpha value is -3.42. The number of benzene rings is 2. The number of aromatic amines is 1. The second-order valence-corrected chi connectivity index (χ2v) is 8.69. The molecule has 2 amide bonds. The molecule has 6 nitrogen and oxygen atoms in total. The van der Waals surface area contributed by atoms with E-state index in [-0.39, 0.29) is 11.7 Å². The van der Waals surface area contributed by atoms with Crippen LogP contribution in [-0.2, 0) is 9.59 Å². The summed E-state index contributed by atoms with van der Waals surface area (Å²) in [7, 11) is 0. The van der Waals surface area contributed by atoms with Gasteiger partial charge in [-0.25, -0.2) is 8.78 Å². The van der Waals surface area contributed by atoms with Gasteiger partial charge in [-0.05, 0) is 50.3 Å². The highest BCUT2D eigenvalue weighted by Crippen LogP contribution is 2.40. The monoisotopic (exact) mass is 438 g/mol. The van der Waals surface area contributed by atoms with E-state index in [1.54, 1.807) is 0 Å². The van der Waals surface area contributed by atoms with E-state index in [4.69, 9.17) is 0 Å². The van der Waals surface area contributed by atoms with E-state index in [2.05, 4.69) is 39.6 Å².